The number of nitrogens with zero attached hydrogens (tertiary/aromatic N) is 2. The minimum atomic E-state index is -4.14. The number of amides is 2. The van der Waals surface area contributed by atoms with Crippen LogP contribution in [0.25, 0.3) is 0 Å². The summed E-state index contributed by atoms with van der Waals surface area (Å²) in [6, 6.07) is 20.1. The van der Waals surface area contributed by atoms with Crippen LogP contribution in [-0.2, 0) is 26.0 Å². The number of aryl methyl sites for hydroxylation is 1. The monoisotopic (exact) mass is 569 g/mol. The van der Waals surface area contributed by atoms with Crippen molar-refractivity contribution in [2.24, 2.45) is 0 Å². The maximum Gasteiger partial charge on any atom is 0.264 e. The Morgan fingerprint density at radius 3 is 2.15 bits per heavy atom. The third kappa shape index (κ3) is 7.61. The molecule has 0 aliphatic rings. The van der Waals surface area contributed by atoms with Crippen molar-refractivity contribution in [2.45, 2.75) is 58.0 Å². The minimum Gasteiger partial charge on any atom is -0.352 e. The van der Waals surface area contributed by atoms with Gasteiger partial charge in [0.25, 0.3) is 10.0 Å². The highest BCUT2D eigenvalue weighted by molar-refractivity contribution is 7.92. The van der Waals surface area contributed by atoms with E-state index in [4.69, 9.17) is 11.6 Å². The summed E-state index contributed by atoms with van der Waals surface area (Å²) in [7, 11) is -4.14. The summed E-state index contributed by atoms with van der Waals surface area (Å²) in [6.07, 6.45) is 0.507. The third-order valence-corrected chi connectivity index (χ3v) is 8.66. The van der Waals surface area contributed by atoms with Gasteiger partial charge in [-0.2, -0.15) is 0 Å². The molecule has 0 spiro atoms. The Bertz CT molecular complexity index is 1390. The first-order valence-electron chi connectivity index (χ1n) is 12.9. The van der Waals surface area contributed by atoms with Gasteiger partial charge in [-0.15, -0.1) is 0 Å². The van der Waals surface area contributed by atoms with E-state index < -0.39 is 28.5 Å². The molecular formula is C30H36ClN3O4S. The van der Waals surface area contributed by atoms with E-state index in [1.165, 1.54) is 17.0 Å². The van der Waals surface area contributed by atoms with Gasteiger partial charge in [0.2, 0.25) is 11.8 Å². The molecule has 39 heavy (non-hydrogen) atoms. The molecule has 2 amide bonds. The number of carbonyl (C=O) groups is 2. The lowest BCUT2D eigenvalue weighted by molar-refractivity contribution is -0.139. The van der Waals surface area contributed by atoms with Gasteiger partial charge in [0.1, 0.15) is 12.6 Å². The second-order valence-corrected chi connectivity index (χ2v) is 12.1. The van der Waals surface area contributed by atoms with Crippen LogP contribution in [0.3, 0.4) is 0 Å². The van der Waals surface area contributed by atoms with Gasteiger partial charge < -0.3 is 10.2 Å². The van der Waals surface area contributed by atoms with E-state index >= 15 is 0 Å². The SMILES string of the molecule is Cc1ccc(S(=O)(=O)N(CC(=O)N(CCc2ccccc2)[C@@H](C)C(=O)NC(C)C)c2cccc(Cl)c2C)cc1. The highest BCUT2D eigenvalue weighted by Gasteiger charge is 2.33. The smallest absolute Gasteiger partial charge is 0.264 e. The van der Waals surface area contributed by atoms with Gasteiger partial charge in [-0.1, -0.05) is 65.7 Å². The highest BCUT2D eigenvalue weighted by Crippen LogP contribution is 2.31. The zero-order valence-electron chi connectivity index (χ0n) is 23.0. The van der Waals surface area contributed by atoms with Crippen molar-refractivity contribution in [3.05, 3.63) is 94.5 Å². The predicted octanol–water partition coefficient (Wildman–Crippen LogP) is 5.14. The average Bonchev–Trinajstić information content (AvgIpc) is 2.89. The molecule has 1 atom stereocenters. The van der Waals surface area contributed by atoms with E-state index in [9.17, 15) is 18.0 Å². The molecule has 0 fully saturated rings. The third-order valence-electron chi connectivity index (χ3n) is 6.48. The van der Waals surface area contributed by atoms with Crippen LogP contribution in [0.5, 0.6) is 0 Å². The lowest BCUT2D eigenvalue weighted by atomic mass is 10.1. The average molecular weight is 570 g/mol. The van der Waals surface area contributed by atoms with E-state index in [1.807, 2.05) is 51.1 Å². The largest absolute Gasteiger partial charge is 0.352 e. The van der Waals surface area contributed by atoms with Crippen LogP contribution in [0.15, 0.2) is 77.7 Å². The van der Waals surface area contributed by atoms with Gasteiger partial charge in [-0.05, 0) is 76.4 Å². The van der Waals surface area contributed by atoms with Crippen LogP contribution >= 0.6 is 11.6 Å². The van der Waals surface area contributed by atoms with Crippen molar-refractivity contribution < 1.29 is 18.0 Å². The fraction of sp³-hybridized carbons (Fsp3) is 0.333. The van der Waals surface area contributed by atoms with E-state index in [2.05, 4.69) is 5.32 Å². The number of carbonyl (C=O) groups excluding carboxylic acids is 2. The van der Waals surface area contributed by atoms with Gasteiger partial charge in [-0.25, -0.2) is 8.42 Å². The minimum absolute atomic E-state index is 0.0571. The van der Waals surface area contributed by atoms with Gasteiger partial charge >= 0.3 is 0 Å². The van der Waals surface area contributed by atoms with E-state index in [1.54, 1.807) is 44.2 Å². The summed E-state index contributed by atoms with van der Waals surface area (Å²) in [5, 5.41) is 3.24. The molecular weight excluding hydrogens is 534 g/mol. The number of nitrogens with one attached hydrogen (secondary N) is 1. The summed E-state index contributed by atoms with van der Waals surface area (Å²) in [5.41, 5.74) is 2.75. The number of halogens is 1. The quantitative estimate of drug-likeness (QED) is 0.346. The number of sulfonamides is 1. The molecule has 0 radical (unpaired) electrons. The number of hydrogen-bond acceptors (Lipinski definition) is 4. The highest BCUT2D eigenvalue weighted by atomic mass is 35.5. The van der Waals surface area contributed by atoms with E-state index in [0.29, 0.717) is 22.7 Å². The Balaban J connectivity index is 2.02. The first-order valence-corrected chi connectivity index (χ1v) is 14.7. The van der Waals surface area contributed by atoms with E-state index in [0.717, 1.165) is 15.4 Å². The Morgan fingerprint density at radius 2 is 1.54 bits per heavy atom. The summed E-state index contributed by atoms with van der Waals surface area (Å²) < 4.78 is 28.9. The molecule has 0 heterocycles. The zero-order valence-corrected chi connectivity index (χ0v) is 24.6. The molecule has 0 saturated heterocycles. The molecule has 0 aliphatic heterocycles. The van der Waals surface area contributed by atoms with Crippen molar-refractivity contribution in [1.82, 2.24) is 10.2 Å². The van der Waals surface area contributed by atoms with E-state index in [-0.39, 0.29) is 23.4 Å². The number of benzene rings is 3. The Kier molecular flexibility index (Phi) is 10.2. The Hall–Kier alpha value is -3.36. The van der Waals surface area contributed by atoms with Gasteiger partial charge in [0.15, 0.2) is 0 Å². The van der Waals surface area contributed by atoms with Gasteiger partial charge in [-0.3, -0.25) is 13.9 Å². The van der Waals surface area contributed by atoms with Crippen LogP contribution in [0.2, 0.25) is 5.02 Å². The summed E-state index contributed by atoms with van der Waals surface area (Å²) >= 11 is 6.36. The summed E-state index contributed by atoms with van der Waals surface area (Å²) in [5.74, 6) is -0.800. The summed E-state index contributed by atoms with van der Waals surface area (Å²) in [4.78, 5) is 28.4. The van der Waals surface area contributed by atoms with Crippen molar-refractivity contribution >= 4 is 39.1 Å². The lowest BCUT2D eigenvalue weighted by Gasteiger charge is -2.32. The van der Waals surface area contributed by atoms with Crippen LogP contribution < -0.4 is 9.62 Å². The zero-order chi connectivity index (χ0) is 28.7. The Morgan fingerprint density at radius 1 is 0.897 bits per heavy atom. The van der Waals surface area contributed by atoms with Crippen LogP contribution in [-0.4, -0.2) is 50.3 Å². The van der Waals surface area contributed by atoms with Crippen LogP contribution in [0.4, 0.5) is 5.69 Å². The molecule has 9 heteroatoms. The lowest BCUT2D eigenvalue weighted by Crippen LogP contribution is -2.53. The normalized spacial score (nSPS) is 12.2. The van der Waals surface area contributed by atoms with Crippen molar-refractivity contribution in [2.75, 3.05) is 17.4 Å². The second-order valence-electron chi connectivity index (χ2n) is 9.87. The topological polar surface area (TPSA) is 86.8 Å². The maximum atomic E-state index is 13.9. The molecule has 0 saturated carbocycles. The first-order chi connectivity index (χ1) is 18.4. The molecule has 7 nitrogen and oxygen atoms in total. The molecule has 0 unspecified atom stereocenters. The van der Waals surface area contributed by atoms with Crippen molar-refractivity contribution in [3.63, 3.8) is 0 Å². The fourth-order valence-electron chi connectivity index (χ4n) is 4.19. The maximum absolute atomic E-state index is 13.9. The fourth-order valence-corrected chi connectivity index (χ4v) is 5.83. The molecule has 0 aliphatic carbocycles. The molecule has 3 aromatic rings. The van der Waals surface area contributed by atoms with Crippen molar-refractivity contribution in [3.8, 4) is 0 Å². The number of hydrogen-bond donors (Lipinski definition) is 1. The first kappa shape index (κ1) is 30.2. The van der Waals surface area contributed by atoms with Crippen LogP contribution in [0.1, 0.15) is 37.5 Å². The molecule has 1 N–H and O–H groups in total. The molecule has 3 rings (SSSR count). The number of rotatable bonds is 11. The molecule has 0 aromatic heterocycles. The molecule has 3 aromatic carbocycles. The van der Waals surface area contributed by atoms with Gasteiger partial charge in [0.05, 0.1) is 10.6 Å². The predicted molar refractivity (Wildman–Crippen MR) is 156 cm³/mol. The Labute approximate surface area is 236 Å². The summed E-state index contributed by atoms with van der Waals surface area (Å²) in [6.45, 7) is 8.67. The standard InChI is InChI=1S/C30H36ClN3O4S/c1-21(2)32-30(36)24(5)33(19-18-25-10-7-6-8-11-25)29(35)20-34(28-13-9-12-27(31)23(28)4)39(37,38)26-16-14-22(3)15-17-26/h6-17,21,24H,18-20H2,1-5H3,(H,32,36)/t24-/m0/s1. The molecule has 208 valence electrons. The van der Waals surface area contributed by atoms with Crippen LogP contribution in [0, 0.1) is 13.8 Å². The molecule has 0 bridgehead atoms. The second kappa shape index (κ2) is 13.1. The number of anilines is 1. The van der Waals surface area contributed by atoms with Crippen molar-refractivity contribution in [1.29, 1.82) is 0 Å². The van der Waals surface area contributed by atoms with Gasteiger partial charge in [0, 0.05) is 17.6 Å².